The summed E-state index contributed by atoms with van der Waals surface area (Å²) in [6.07, 6.45) is 5.93. The summed E-state index contributed by atoms with van der Waals surface area (Å²) < 4.78 is 0. The minimum absolute atomic E-state index is 0.0128. The molecule has 0 radical (unpaired) electrons. The van der Waals surface area contributed by atoms with Crippen molar-refractivity contribution >= 4 is 17.2 Å². The van der Waals surface area contributed by atoms with Crippen LogP contribution >= 0.6 is 11.3 Å². The van der Waals surface area contributed by atoms with E-state index in [2.05, 4.69) is 51.5 Å². The van der Waals surface area contributed by atoms with Crippen LogP contribution in [0.1, 0.15) is 34.6 Å². The van der Waals surface area contributed by atoms with Crippen molar-refractivity contribution in [1.29, 1.82) is 0 Å². The summed E-state index contributed by atoms with van der Waals surface area (Å²) in [7, 11) is 0. The van der Waals surface area contributed by atoms with E-state index in [4.69, 9.17) is 0 Å². The number of aryl methyl sites for hydroxylation is 1. The number of piperazine rings is 1. The number of hydrogen-bond acceptors (Lipinski definition) is 6. The molecule has 1 N–H and O–H groups in total. The molecule has 3 aromatic rings. The van der Waals surface area contributed by atoms with Crippen LogP contribution in [0.15, 0.2) is 48.2 Å². The van der Waals surface area contributed by atoms with Crippen LogP contribution in [0.5, 0.6) is 0 Å². The van der Waals surface area contributed by atoms with Crippen LogP contribution in [-0.4, -0.2) is 45.4 Å². The second-order valence-corrected chi connectivity index (χ2v) is 7.30. The third-order valence-electron chi connectivity index (χ3n) is 4.78. The first-order valence-electron chi connectivity index (χ1n) is 9.08. The Bertz CT molecular complexity index is 910. The second kappa shape index (κ2) is 7.94. The van der Waals surface area contributed by atoms with Gasteiger partial charge in [-0.1, -0.05) is 31.2 Å². The lowest BCUT2D eigenvalue weighted by Crippen LogP contribution is -2.48. The summed E-state index contributed by atoms with van der Waals surface area (Å²) in [6.45, 7) is 4.34. The third kappa shape index (κ3) is 3.74. The number of aromatic nitrogens is 3. The molecule has 2 aromatic heterocycles. The Labute approximate surface area is 162 Å². The Kier molecular flexibility index (Phi) is 5.22. The molecule has 1 aliphatic heterocycles. The van der Waals surface area contributed by atoms with Gasteiger partial charge in [0.25, 0.3) is 5.91 Å². The molecule has 1 saturated heterocycles. The van der Waals surface area contributed by atoms with Gasteiger partial charge < -0.3 is 10.2 Å². The molecule has 138 valence electrons. The van der Waals surface area contributed by atoms with E-state index in [9.17, 15) is 4.79 Å². The summed E-state index contributed by atoms with van der Waals surface area (Å²) in [5, 5.41) is 5.92. The summed E-state index contributed by atoms with van der Waals surface area (Å²) in [4.78, 5) is 27.9. The highest BCUT2D eigenvalue weighted by molar-refractivity contribution is 7.13. The molecule has 1 aliphatic rings. The lowest BCUT2D eigenvalue weighted by Gasteiger charge is -2.36. The van der Waals surface area contributed by atoms with Gasteiger partial charge in [-0.2, -0.15) is 0 Å². The van der Waals surface area contributed by atoms with Gasteiger partial charge in [-0.05, 0) is 17.5 Å². The van der Waals surface area contributed by atoms with Gasteiger partial charge in [-0.3, -0.25) is 14.8 Å². The average Bonchev–Trinajstić information content (AvgIpc) is 3.24. The monoisotopic (exact) mass is 379 g/mol. The van der Waals surface area contributed by atoms with E-state index in [1.807, 2.05) is 10.3 Å². The molecule has 1 atom stereocenters. The molecule has 0 saturated carbocycles. The highest BCUT2D eigenvalue weighted by Gasteiger charge is 2.30. The van der Waals surface area contributed by atoms with E-state index in [1.165, 1.54) is 16.9 Å². The maximum Gasteiger partial charge on any atom is 0.273 e. The molecular weight excluding hydrogens is 358 g/mol. The lowest BCUT2D eigenvalue weighted by atomic mass is 10.0. The lowest BCUT2D eigenvalue weighted by molar-refractivity contribution is 0.0629. The Morgan fingerprint density at radius 1 is 1.30 bits per heavy atom. The number of benzene rings is 1. The van der Waals surface area contributed by atoms with Crippen LogP contribution in [0.2, 0.25) is 0 Å². The van der Waals surface area contributed by atoms with Gasteiger partial charge in [0.1, 0.15) is 16.4 Å². The molecule has 3 heterocycles. The van der Waals surface area contributed by atoms with Crippen LogP contribution in [0.4, 0.5) is 0 Å². The van der Waals surface area contributed by atoms with Crippen LogP contribution in [-0.2, 0) is 6.42 Å². The van der Waals surface area contributed by atoms with Crippen LogP contribution < -0.4 is 5.32 Å². The van der Waals surface area contributed by atoms with Crippen molar-refractivity contribution in [3.8, 4) is 10.7 Å². The molecule has 1 unspecified atom stereocenters. The third-order valence-corrected chi connectivity index (χ3v) is 5.65. The van der Waals surface area contributed by atoms with E-state index < -0.39 is 0 Å². The van der Waals surface area contributed by atoms with Gasteiger partial charge >= 0.3 is 0 Å². The Balaban J connectivity index is 1.58. The number of carbonyl (C=O) groups excluding carboxylic acids is 1. The van der Waals surface area contributed by atoms with E-state index in [-0.39, 0.29) is 11.9 Å². The average molecular weight is 379 g/mol. The van der Waals surface area contributed by atoms with Gasteiger partial charge in [0, 0.05) is 37.4 Å². The molecule has 27 heavy (non-hydrogen) atoms. The molecule has 1 amide bonds. The summed E-state index contributed by atoms with van der Waals surface area (Å²) in [5.41, 5.74) is 3.61. The van der Waals surface area contributed by atoms with Crippen LogP contribution in [0.3, 0.4) is 0 Å². The van der Waals surface area contributed by atoms with Crippen molar-refractivity contribution in [3.63, 3.8) is 0 Å². The zero-order chi connectivity index (χ0) is 18.6. The minimum Gasteiger partial charge on any atom is -0.328 e. The summed E-state index contributed by atoms with van der Waals surface area (Å²) >= 11 is 1.42. The van der Waals surface area contributed by atoms with E-state index >= 15 is 0 Å². The van der Waals surface area contributed by atoms with Gasteiger partial charge in [0.15, 0.2) is 0 Å². The number of rotatable bonds is 4. The van der Waals surface area contributed by atoms with Crippen molar-refractivity contribution in [2.24, 2.45) is 0 Å². The summed E-state index contributed by atoms with van der Waals surface area (Å²) in [5.74, 6) is -0.0348. The predicted octanol–water partition coefficient (Wildman–Crippen LogP) is 2.95. The molecular formula is C20H21N5OS. The number of nitrogens with zero attached hydrogens (tertiary/aromatic N) is 4. The fourth-order valence-corrected chi connectivity index (χ4v) is 4.02. The number of amides is 1. The molecule has 6 nitrogen and oxygen atoms in total. The van der Waals surface area contributed by atoms with E-state index in [0.29, 0.717) is 22.9 Å². The Hall–Kier alpha value is -2.64. The first-order valence-corrected chi connectivity index (χ1v) is 9.96. The smallest absolute Gasteiger partial charge is 0.273 e. The van der Waals surface area contributed by atoms with Gasteiger partial charge in [0.2, 0.25) is 0 Å². The number of hydrogen-bond donors (Lipinski definition) is 1. The quantitative estimate of drug-likeness (QED) is 0.755. The predicted molar refractivity (Wildman–Crippen MR) is 106 cm³/mol. The minimum atomic E-state index is -0.0348. The van der Waals surface area contributed by atoms with Gasteiger partial charge in [-0.15, -0.1) is 11.3 Å². The second-order valence-electron chi connectivity index (χ2n) is 6.44. The van der Waals surface area contributed by atoms with E-state index in [1.54, 1.807) is 18.6 Å². The Morgan fingerprint density at radius 3 is 2.89 bits per heavy atom. The molecule has 0 bridgehead atoms. The first-order chi connectivity index (χ1) is 13.3. The topological polar surface area (TPSA) is 71.0 Å². The SMILES string of the molecule is CCc1ccc(C2CNCCN2C(=O)c2csc(-c3cnccn3)n2)cc1. The van der Waals surface area contributed by atoms with Crippen molar-refractivity contribution in [3.05, 3.63) is 65.1 Å². The zero-order valence-electron chi connectivity index (χ0n) is 15.1. The van der Waals surface area contributed by atoms with Crippen molar-refractivity contribution in [2.75, 3.05) is 19.6 Å². The molecule has 0 spiro atoms. The van der Waals surface area contributed by atoms with Crippen LogP contribution in [0.25, 0.3) is 10.7 Å². The van der Waals surface area contributed by atoms with Crippen LogP contribution in [0, 0.1) is 0 Å². The zero-order valence-corrected chi connectivity index (χ0v) is 15.9. The fraction of sp³-hybridized carbons (Fsp3) is 0.300. The highest BCUT2D eigenvalue weighted by Crippen LogP contribution is 2.27. The largest absolute Gasteiger partial charge is 0.328 e. The van der Waals surface area contributed by atoms with Crippen molar-refractivity contribution in [2.45, 2.75) is 19.4 Å². The molecule has 0 aliphatic carbocycles. The van der Waals surface area contributed by atoms with Crippen molar-refractivity contribution in [1.82, 2.24) is 25.2 Å². The highest BCUT2D eigenvalue weighted by atomic mass is 32.1. The standard InChI is InChI=1S/C20H21N5OS/c1-2-14-3-5-15(6-4-14)18-12-22-9-10-25(18)20(26)17-13-27-19(24-17)16-11-21-7-8-23-16/h3-8,11,13,18,22H,2,9-10,12H2,1H3. The summed E-state index contributed by atoms with van der Waals surface area (Å²) in [6, 6.07) is 8.55. The molecule has 1 fully saturated rings. The van der Waals surface area contributed by atoms with Gasteiger partial charge in [-0.25, -0.2) is 4.98 Å². The number of nitrogens with one attached hydrogen (secondary N) is 1. The number of carbonyl (C=O) groups is 1. The van der Waals surface area contributed by atoms with E-state index in [0.717, 1.165) is 25.1 Å². The Morgan fingerprint density at radius 2 is 2.15 bits per heavy atom. The normalized spacial score (nSPS) is 17.1. The van der Waals surface area contributed by atoms with Crippen molar-refractivity contribution < 1.29 is 4.79 Å². The maximum absolute atomic E-state index is 13.2. The number of thiazole rings is 1. The molecule has 1 aromatic carbocycles. The molecule has 4 rings (SSSR count). The molecule has 7 heteroatoms. The fourth-order valence-electron chi connectivity index (χ4n) is 3.27. The van der Waals surface area contributed by atoms with Gasteiger partial charge in [0.05, 0.1) is 12.2 Å². The first kappa shape index (κ1) is 17.8. The maximum atomic E-state index is 13.2.